The van der Waals surface area contributed by atoms with Gasteiger partial charge < -0.3 is 21.5 Å². The molecule has 0 unspecified atom stereocenters. The van der Waals surface area contributed by atoms with Crippen molar-refractivity contribution < 1.29 is 4.74 Å². The Balaban J connectivity index is 1.44. The van der Waals surface area contributed by atoms with E-state index in [4.69, 9.17) is 16.2 Å². The Labute approximate surface area is 211 Å². The van der Waals surface area contributed by atoms with Crippen LogP contribution in [0.3, 0.4) is 0 Å². The molecular formula is C27H32N8O. The summed E-state index contributed by atoms with van der Waals surface area (Å²) in [5, 5.41) is 3.37. The van der Waals surface area contributed by atoms with Gasteiger partial charge in [-0.25, -0.2) is 15.0 Å². The molecule has 9 heteroatoms. The number of rotatable bonds is 10. The van der Waals surface area contributed by atoms with E-state index in [1.54, 1.807) is 32.0 Å². The molecule has 0 bridgehead atoms. The number of nitrogens with zero attached hydrogens (tertiary/aromatic N) is 5. The van der Waals surface area contributed by atoms with Gasteiger partial charge in [-0.15, -0.1) is 0 Å². The van der Waals surface area contributed by atoms with Gasteiger partial charge in [0.25, 0.3) is 0 Å². The van der Waals surface area contributed by atoms with Crippen molar-refractivity contribution in [2.24, 2.45) is 16.5 Å². The molecule has 3 heterocycles. The molecule has 9 nitrogen and oxygen atoms in total. The molecule has 0 aliphatic heterocycles. The molecule has 0 fully saturated rings. The van der Waals surface area contributed by atoms with Gasteiger partial charge in [-0.3, -0.25) is 9.39 Å². The van der Waals surface area contributed by atoms with Crippen molar-refractivity contribution >= 4 is 23.3 Å². The molecule has 0 saturated heterocycles. The molecular weight excluding hydrogens is 452 g/mol. The van der Waals surface area contributed by atoms with Crippen LogP contribution in [0.15, 0.2) is 72.4 Å². The fourth-order valence-electron chi connectivity index (χ4n) is 3.63. The van der Waals surface area contributed by atoms with E-state index in [1.165, 1.54) is 0 Å². The Morgan fingerprint density at radius 2 is 1.94 bits per heavy atom. The maximum atomic E-state index is 6.03. The lowest BCUT2D eigenvalue weighted by Crippen LogP contribution is -2.33. The number of nitrogens with one attached hydrogen (secondary N) is 1. The SMILES string of the molecule is CN=CC(=CN)c1ccc(CNc2cc(-c3cnc4cc(OCCC(C)(C)N)ccn34)ncn2)cc1. The predicted octanol–water partition coefficient (Wildman–Crippen LogP) is 3.91. The Hall–Kier alpha value is -4.24. The van der Waals surface area contributed by atoms with E-state index in [0.29, 0.717) is 13.2 Å². The van der Waals surface area contributed by atoms with Crippen LogP contribution in [0.25, 0.3) is 22.6 Å². The maximum Gasteiger partial charge on any atom is 0.140 e. The van der Waals surface area contributed by atoms with Crippen LogP contribution in [0.2, 0.25) is 0 Å². The largest absolute Gasteiger partial charge is 0.493 e. The van der Waals surface area contributed by atoms with Crippen LogP contribution < -0.4 is 21.5 Å². The van der Waals surface area contributed by atoms with Crippen molar-refractivity contribution in [2.75, 3.05) is 19.0 Å². The lowest BCUT2D eigenvalue weighted by Gasteiger charge is -2.18. The van der Waals surface area contributed by atoms with Crippen molar-refractivity contribution in [3.8, 4) is 17.1 Å². The summed E-state index contributed by atoms with van der Waals surface area (Å²) in [4.78, 5) is 17.4. The highest BCUT2D eigenvalue weighted by Gasteiger charge is 2.12. The van der Waals surface area contributed by atoms with Crippen LogP contribution in [0.1, 0.15) is 31.4 Å². The zero-order chi connectivity index (χ0) is 25.5. The fourth-order valence-corrected chi connectivity index (χ4v) is 3.63. The van der Waals surface area contributed by atoms with Gasteiger partial charge in [-0.1, -0.05) is 24.3 Å². The smallest absolute Gasteiger partial charge is 0.140 e. The van der Waals surface area contributed by atoms with Crippen molar-refractivity contribution in [1.82, 2.24) is 19.4 Å². The van der Waals surface area contributed by atoms with E-state index >= 15 is 0 Å². The number of ether oxygens (including phenoxy) is 1. The highest BCUT2D eigenvalue weighted by molar-refractivity contribution is 6.09. The molecule has 3 aromatic heterocycles. The first kappa shape index (κ1) is 24.9. The van der Waals surface area contributed by atoms with Gasteiger partial charge in [-0.05, 0) is 37.5 Å². The molecule has 5 N–H and O–H groups in total. The quantitative estimate of drug-likeness (QED) is 0.291. The van der Waals surface area contributed by atoms with E-state index < -0.39 is 0 Å². The van der Waals surface area contributed by atoms with Crippen LogP contribution in [-0.2, 0) is 6.54 Å². The monoisotopic (exact) mass is 484 g/mol. The molecule has 0 saturated carbocycles. The van der Waals surface area contributed by atoms with Crippen molar-refractivity contribution in [1.29, 1.82) is 0 Å². The second-order valence-corrected chi connectivity index (χ2v) is 9.17. The Morgan fingerprint density at radius 3 is 2.67 bits per heavy atom. The number of aliphatic imine (C=N–C) groups is 1. The molecule has 0 atom stereocenters. The molecule has 36 heavy (non-hydrogen) atoms. The van der Waals surface area contributed by atoms with Crippen molar-refractivity contribution in [3.63, 3.8) is 0 Å². The average molecular weight is 485 g/mol. The summed E-state index contributed by atoms with van der Waals surface area (Å²) in [7, 11) is 1.72. The minimum Gasteiger partial charge on any atom is -0.493 e. The highest BCUT2D eigenvalue weighted by Crippen LogP contribution is 2.23. The lowest BCUT2D eigenvalue weighted by molar-refractivity contribution is 0.274. The number of benzene rings is 1. The minimum atomic E-state index is -0.262. The number of hydrogen-bond donors (Lipinski definition) is 3. The third kappa shape index (κ3) is 6.25. The summed E-state index contributed by atoms with van der Waals surface area (Å²) in [6.07, 6.45) is 9.35. The van der Waals surface area contributed by atoms with Gasteiger partial charge in [0.05, 0.1) is 24.2 Å². The fraction of sp³-hybridized carbons (Fsp3) is 0.259. The number of anilines is 1. The predicted molar refractivity (Wildman–Crippen MR) is 145 cm³/mol. The van der Waals surface area contributed by atoms with E-state index in [9.17, 15) is 0 Å². The van der Waals surface area contributed by atoms with Crippen LogP contribution in [0, 0.1) is 0 Å². The van der Waals surface area contributed by atoms with E-state index in [-0.39, 0.29) is 5.54 Å². The zero-order valence-electron chi connectivity index (χ0n) is 20.8. The second kappa shape index (κ2) is 11.0. The maximum absolute atomic E-state index is 6.03. The number of nitrogens with two attached hydrogens (primary N) is 2. The molecule has 186 valence electrons. The van der Waals surface area contributed by atoms with Gasteiger partial charge in [0.15, 0.2) is 0 Å². The topological polar surface area (TPSA) is 129 Å². The number of imidazole rings is 1. The summed E-state index contributed by atoms with van der Waals surface area (Å²) in [5.74, 6) is 1.49. The van der Waals surface area contributed by atoms with Crippen molar-refractivity contribution in [3.05, 3.63) is 78.5 Å². The third-order valence-corrected chi connectivity index (χ3v) is 5.64. The van der Waals surface area contributed by atoms with Crippen LogP contribution >= 0.6 is 0 Å². The highest BCUT2D eigenvalue weighted by atomic mass is 16.5. The summed E-state index contributed by atoms with van der Waals surface area (Å²) < 4.78 is 7.83. The second-order valence-electron chi connectivity index (χ2n) is 9.17. The molecule has 1 aromatic carbocycles. The molecule has 0 amide bonds. The number of hydrogen-bond acceptors (Lipinski definition) is 8. The van der Waals surface area contributed by atoms with Crippen molar-refractivity contribution in [2.45, 2.75) is 32.4 Å². The van der Waals surface area contributed by atoms with E-state index in [2.05, 4.69) is 37.4 Å². The first-order valence-corrected chi connectivity index (χ1v) is 11.7. The summed E-state index contributed by atoms with van der Waals surface area (Å²) >= 11 is 0. The van der Waals surface area contributed by atoms with Gasteiger partial charge in [0.2, 0.25) is 0 Å². The summed E-state index contributed by atoms with van der Waals surface area (Å²) in [6, 6.07) is 13.9. The van der Waals surface area contributed by atoms with Gasteiger partial charge in [0.1, 0.15) is 23.5 Å². The number of fused-ring (bicyclic) bond motifs is 1. The van der Waals surface area contributed by atoms with Crippen LogP contribution in [0.5, 0.6) is 5.75 Å². The van der Waals surface area contributed by atoms with Crippen LogP contribution in [0.4, 0.5) is 5.82 Å². The number of aromatic nitrogens is 4. The first-order chi connectivity index (χ1) is 17.4. The molecule has 0 spiro atoms. The zero-order valence-corrected chi connectivity index (χ0v) is 20.8. The standard InChI is InChI=1S/C27H32N8O/c1-27(2,29)9-11-36-22-8-10-35-24(17-32-26(35)12-22)23-13-25(34-18-33-23)31-15-19-4-6-20(7-5-19)21(14-28)16-30-3/h4-8,10,12-14,16-18H,9,11,15,28-29H2,1-3H3,(H,31,33,34). The average Bonchev–Trinajstić information content (AvgIpc) is 3.29. The molecule has 0 radical (unpaired) electrons. The van der Waals surface area contributed by atoms with Gasteiger partial charge in [-0.2, -0.15) is 0 Å². The van der Waals surface area contributed by atoms with Gasteiger partial charge >= 0.3 is 0 Å². The van der Waals surface area contributed by atoms with E-state index in [1.807, 2.05) is 54.8 Å². The third-order valence-electron chi connectivity index (χ3n) is 5.64. The normalized spacial score (nSPS) is 12.4. The minimum absolute atomic E-state index is 0.262. The molecule has 0 aliphatic rings. The number of pyridine rings is 1. The Bertz CT molecular complexity index is 1370. The lowest BCUT2D eigenvalue weighted by atomic mass is 10.0. The first-order valence-electron chi connectivity index (χ1n) is 11.7. The van der Waals surface area contributed by atoms with Crippen LogP contribution in [-0.4, -0.2) is 44.8 Å². The summed E-state index contributed by atoms with van der Waals surface area (Å²) in [6.45, 7) is 5.14. The molecule has 4 aromatic rings. The Morgan fingerprint density at radius 1 is 1.14 bits per heavy atom. The van der Waals surface area contributed by atoms with Gasteiger partial charge in [0, 0.05) is 55.4 Å². The molecule has 0 aliphatic carbocycles. The summed E-state index contributed by atoms with van der Waals surface area (Å²) in [5.41, 5.74) is 16.9. The van der Waals surface area contributed by atoms with E-state index in [0.717, 1.165) is 51.7 Å². The Kier molecular flexibility index (Phi) is 7.60. The number of allylic oxidation sites excluding steroid dienone is 1. The molecule has 4 rings (SSSR count).